The van der Waals surface area contributed by atoms with Gasteiger partial charge in [0, 0.05) is 24.5 Å². The van der Waals surface area contributed by atoms with Crippen LogP contribution in [0.15, 0.2) is 23.8 Å². The largest absolute Gasteiger partial charge is 0.465 e. The third-order valence-corrected chi connectivity index (χ3v) is 3.57. The number of carbonyl (C=O) groups is 2. The van der Waals surface area contributed by atoms with Gasteiger partial charge in [-0.05, 0) is 27.7 Å². The Morgan fingerprint density at radius 3 is 1.68 bits per heavy atom. The Hall–Kier alpha value is -1.89. The van der Waals surface area contributed by atoms with E-state index in [0.717, 1.165) is 0 Å². The van der Waals surface area contributed by atoms with Crippen molar-refractivity contribution in [1.29, 1.82) is 0 Å². The molecule has 0 N–H and O–H groups in total. The second kappa shape index (κ2) is 7.40. The zero-order chi connectivity index (χ0) is 17.0. The molecule has 0 bridgehead atoms. The van der Waals surface area contributed by atoms with Crippen molar-refractivity contribution in [2.75, 3.05) is 14.2 Å². The minimum Gasteiger partial charge on any atom is -0.465 e. The fraction of sp³-hybridized carbons (Fsp3) is 0.533. The summed E-state index contributed by atoms with van der Waals surface area (Å²) in [5.74, 6) is -0.861. The van der Waals surface area contributed by atoms with Crippen LogP contribution in [0.3, 0.4) is 0 Å². The number of hydrogen-bond acceptors (Lipinski definition) is 7. The minimum absolute atomic E-state index is 0.0387. The van der Waals surface area contributed by atoms with Crippen molar-refractivity contribution in [3.63, 3.8) is 0 Å². The minimum atomic E-state index is -0.734. The Balaban J connectivity index is 3.54. The molecule has 0 radical (unpaired) electrons. The molecule has 0 atom stereocenters. The number of thiocarbonyl (C=S) groups is 1. The molecule has 7 heteroatoms. The second-order valence-electron chi connectivity index (χ2n) is 5.31. The molecular formula is C15H22N2O4S. The van der Waals surface area contributed by atoms with Gasteiger partial charge >= 0.3 is 11.9 Å². The normalized spacial score (nSPS) is 13.9. The first kappa shape index (κ1) is 18.2. The Labute approximate surface area is 136 Å². The van der Waals surface area contributed by atoms with Gasteiger partial charge in [-0.25, -0.2) is 9.59 Å². The van der Waals surface area contributed by atoms with Crippen LogP contribution in [-0.4, -0.2) is 52.9 Å². The van der Waals surface area contributed by atoms with Crippen LogP contribution in [-0.2, 0) is 19.1 Å². The number of carbonyl (C=O) groups excluding carboxylic acids is 2. The van der Waals surface area contributed by atoms with Crippen molar-refractivity contribution in [3.05, 3.63) is 23.8 Å². The highest BCUT2D eigenvalue weighted by Crippen LogP contribution is 2.29. The lowest BCUT2D eigenvalue weighted by molar-refractivity contribution is -0.137. The Morgan fingerprint density at radius 2 is 1.36 bits per heavy atom. The molecule has 1 aliphatic rings. The molecule has 1 rings (SSSR count). The van der Waals surface area contributed by atoms with Crippen molar-refractivity contribution in [2.45, 2.75) is 39.8 Å². The summed E-state index contributed by atoms with van der Waals surface area (Å²) < 4.78 is 9.48. The summed E-state index contributed by atoms with van der Waals surface area (Å²) in [5.41, 5.74) is 0.0387. The summed E-state index contributed by atoms with van der Waals surface area (Å²) in [6.07, 6.45) is 3.70. The van der Waals surface area contributed by atoms with Gasteiger partial charge in [-0.3, -0.25) is 0 Å². The van der Waals surface area contributed by atoms with Gasteiger partial charge in [-0.1, -0.05) is 12.2 Å². The number of hydrogen-bond donors (Lipinski definition) is 0. The summed E-state index contributed by atoms with van der Waals surface area (Å²) in [7, 11) is 2.48. The average Bonchev–Trinajstić information content (AvgIpc) is 2.91. The van der Waals surface area contributed by atoms with Gasteiger partial charge in [0.2, 0.25) is 0 Å². The van der Waals surface area contributed by atoms with Crippen LogP contribution in [0.25, 0.3) is 0 Å². The van der Waals surface area contributed by atoms with Gasteiger partial charge in [0.05, 0.1) is 14.2 Å². The van der Waals surface area contributed by atoms with Crippen LogP contribution in [0, 0.1) is 0 Å². The van der Waals surface area contributed by atoms with Crippen LogP contribution in [0.4, 0.5) is 0 Å². The number of esters is 2. The summed E-state index contributed by atoms with van der Waals surface area (Å²) in [6, 6.07) is 0.158. The van der Waals surface area contributed by atoms with Crippen molar-refractivity contribution >= 4 is 29.0 Å². The van der Waals surface area contributed by atoms with Crippen LogP contribution in [0.1, 0.15) is 27.7 Å². The molecule has 6 nitrogen and oxygen atoms in total. The van der Waals surface area contributed by atoms with Crippen LogP contribution >= 0.6 is 12.2 Å². The van der Waals surface area contributed by atoms with E-state index in [9.17, 15) is 9.59 Å². The first-order valence-corrected chi connectivity index (χ1v) is 7.37. The molecule has 0 saturated heterocycles. The Morgan fingerprint density at radius 1 is 0.955 bits per heavy atom. The molecule has 0 aromatic carbocycles. The maximum absolute atomic E-state index is 12.2. The van der Waals surface area contributed by atoms with Gasteiger partial charge in [0.1, 0.15) is 16.3 Å². The van der Waals surface area contributed by atoms with Crippen molar-refractivity contribution in [3.8, 4) is 0 Å². The topological polar surface area (TPSA) is 59.1 Å². The molecule has 0 unspecified atom stereocenters. The van der Waals surface area contributed by atoms with E-state index in [1.165, 1.54) is 14.2 Å². The molecule has 122 valence electrons. The highest BCUT2D eigenvalue weighted by atomic mass is 32.1. The Bertz CT molecular complexity index is 518. The van der Waals surface area contributed by atoms with E-state index in [0.29, 0.717) is 5.82 Å². The smallest absolute Gasteiger partial charge is 0.349 e. The molecule has 0 saturated carbocycles. The molecule has 22 heavy (non-hydrogen) atoms. The van der Waals surface area contributed by atoms with Crippen molar-refractivity contribution < 1.29 is 19.1 Å². The number of ether oxygens (including phenoxy) is 2. The summed E-state index contributed by atoms with van der Waals surface area (Å²) in [4.78, 5) is 27.6. The maximum atomic E-state index is 12.2. The predicted octanol–water partition coefficient (Wildman–Crippen LogP) is 1.82. The summed E-state index contributed by atoms with van der Waals surface area (Å²) >= 11 is 5.14. The van der Waals surface area contributed by atoms with E-state index in [1.807, 2.05) is 49.9 Å². The molecule has 1 heterocycles. The zero-order valence-corrected chi connectivity index (χ0v) is 14.6. The molecule has 0 amide bonds. The van der Waals surface area contributed by atoms with Crippen LogP contribution in [0.2, 0.25) is 0 Å². The van der Waals surface area contributed by atoms with Crippen molar-refractivity contribution in [1.82, 2.24) is 9.80 Å². The van der Waals surface area contributed by atoms with Crippen LogP contribution in [0.5, 0.6) is 0 Å². The fourth-order valence-electron chi connectivity index (χ4n) is 2.09. The van der Waals surface area contributed by atoms with E-state index in [-0.39, 0.29) is 22.5 Å². The Kier molecular flexibility index (Phi) is 6.11. The number of rotatable bonds is 5. The number of nitrogens with zero attached hydrogens (tertiary/aromatic N) is 2. The van der Waals surface area contributed by atoms with Gasteiger partial charge in [-0.15, -0.1) is 0 Å². The molecule has 0 fully saturated rings. The van der Waals surface area contributed by atoms with Gasteiger partial charge in [0.25, 0.3) is 0 Å². The lowest BCUT2D eigenvalue weighted by Gasteiger charge is -2.32. The molecule has 0 aromatic rings. The van der Waals surface area contributed by atoms with Gasteiger partial charge in [-0.2, -0.15) is 0 Å². The lowest BCUT2D eigenvalue weighted by atomic mass is 10.1. The van der Waals surface area contributed by atoms with E-state index >= 15 is 0 Å². The fourth-order valence-corrected chi connectivity index (χ4v) is 2.35. The lowest BCUT2D eigenvalue weighted by Crippen LogP contribution is -2.37. The van der Waals surface area contributed by atoms with Gasteiger partial charge < -0.3 is 19.3 Å². The first-order chi connectivity index (χ1) is 10.3. The molecule has 1 aliphatic heterocycles. The molecule has 0 spiro atoms. The third kappa shape index (κ3) is 3.47. The predicted molar refractivity (Wildman–Crippen MR) is 86.7 cm³/mol. The quantitative estimate of drug-likeness (QED) is 0.434. The summed E-state index contributed by atoms with van der Waals surface area (Å²) in [5, 5.41) is 0. The van der Waals surface area contributed by atoms with E-state index < -0.39 is 11.9 Å². The molecular weight excluding hydrogens is 304 g/mol. The SMILES string of the molecule is COC(=O)C(=S)C(C(=O)OC)=C1N(C(C)C)C=CN1C(C)C. The summed E-state index contributed by atoms with van der Waals surface area (Å²) in [6.45, 7) is 7.91. The standard InChI is InChI=1S/C15H22N2O4S/c1-9(2)16-7-8-17(10(3)4)13(16)11(14(18)20-5)12(22)15(19)21-6/h7-10H,1-6H3. The first-order valence-electron chi connectivity index (χ1n) is 6.96. The van der Waals surface area contributed by atoms with E-state index in [1.54, 1.807) is 0 Å². The highest BCUT2D eigenvalue weighted by molar-refractivity contribution is 7.82. The van der Waals surface area contributed by atoms with Gasteiger partial charge in [0.15, 0.2) is 0 Å². The zero-order valence-electron chi connectivity index (χ0n) is 13.7. The highest BCUT2D eigenvalue weighted by Gasteiger charge is 2.35. The second-order valence-corrected chi connectivity index (χ2v) is 5.72. The number of methoxy groups -OCH3 is 2. The molecule has 0 aromatic heterocycles. The van der Waals surface area contributed by atoms with Crippen LogP contribution < -0.4 is 0 Å². The molecule has 0 aliphatic carbocycles. The maximum Gasteiger partial charge on any atom is 0.349 e. The monoisotopic (exact) mass is 326 g/mol. The average molecular weight is 326 g/mol. The third-order valence-electron chi connectivity index (χ3n) is 3.20. The van der Waals surface area contributed by atoms with Crippen molar-refractivity contribution in [2.24, 2.45) is 0 Å². The van der Waals surface area contributed by atoms with E-state index in [2.05, 4.69) is 4.74 Å². The van der Waals surface area contributed by atoms with E-state index in [4.69, 9.17) is 17.0 Å².